The SMILES string of the molecule is COC(=O)CCc1cc(C(=O)c2cc(C(C)(C)C)cc(C(C)(C)C)c2O)c(O)c(C(C)(C)C)c1. The monoisotopic (exact) mass is 468 g/mol. The molecule has 5 nitrogen and oxygen atoms in total. The van der Waals surface area contributed by atoms with E-state index in [-0.39, 0.29) is 45.8 Å². The molecular formula is C29H40O5. The van der Waals surface area contributed by atoms with Crippen LogP contribution in [-0.4, -0.2) is 29.1 Å². The normalized spacial score (nSPS) is 12.5. The van der Waals surface area contributed by atoms with E-state index in [1.807, 2.05) is 53.7 Å². The van der Waals surface area contributed by atoms with Crippen molar-refractivity contribution in [3.8, 4) is 11.5 Å². The first-order chi connectivity index (χ1) is 15.4. The Bertz CT molecular complexity index is 1090. The van der Waals surface area contributed by atoms with Crippen LogP contribution >= 0.6 is 0 Å². The summed E-state index contributed by atoms with van der Waals surface area (Å²) in [5.41, 5.74) is 2.18. The second-order valence-electron chi connectivity index (χ2n) is 12.1. The number of esters is 1. The molecule has 2 rings (SSSR count). The van der Waals surface area contributed by atoms with Gasteiger partial charge in [-0.15, -0.1) is 0 Å². The second kappa shape index (κ2) is 9.44. The van der Waals surface area contributed by atoms with E-state index in [1.54, 1.807) is 12.1 Å². The smallest absolute Gasteiger partial charge is 0.305 e. The van der Waals surface area contributed by atoms with Crippen molar-refractivity contribution >= 4 is 11.8 Å². The third-order valence-corrected chi connectivity index (χ3v) is 6.10. The van der Waals surface area contributed by atoms with Gasteiger partial charge in [-0.2, -0.15) is 0 Å². The van der Waals surface area contributed by atoms with E-state index >= 15 is 0 Å². The summed E-state index contributed by atoms with van der Waals surface area (Å²) in [5.74, 6) is -0.958. The fourth-order valence-corrected chi connectivity index (χ4v) is 3.89. The highest BCUT2D eigenvalue weighted by Gasteiger charge is 2.30. The third-order valence-electron chi connectivity index (χ3n) is 6.10. The molecule has 0 aliphatic rings. The molecule has 0 heterocycles. The van der Waals surface area contributed by atoms with Gasteiger partial charge in [-0.05, 0) is 45.9 Å². The molecule has 0 bridgehead atoms. The lowest BCUT2D eigenvalue weighted by atomic mass is 9.77. The molecule has 0 aromatic heterocycles. The van der Waals surface area contributed by atoms with Crippen molar-refractivity contribution < 1.29 is 24.5 Å². The molecule has 0 amide bonds. The van der Waals surface area contributed by atoms with E-state index in [0.29, 0.717) is 17.5 Å². The Morgan fingerprint density at radius 1 is 0.735 bits per heavy atom. The summed E-state index contributed by atoms with van der Waals surface area (Å²) < 4.78 is 4.76. The topological polar surface area (TPSA) is 83.8 Å². The molecule has 0 fully saturated rings. The van der Waals surface area contributed by atoms with Gasteiger partial charge in [0.1, 0.15) is 11.5 Å². The maximum absolute atomic E-state index is 13.9. The highest BCUT2D eigenvalue weighted by atomic mass is 16.5. The molecule has 2 aromatic rings. The van der Waals surface area contributed by atoms with Gasteiger partial charge in [-0.1, -0.05) is 74.4 Å². The number of carbonyl (C=O) groups is 2. The lowest BCUT2D eigenvalue weighted by Crippen LogP contribution is -2.19. The average molecular weight is 469 g/mol. The summed E-state index contributed by atoms with van der Waals surface area (Å²) >= 11 is 0. The number of phenols is 2. The molecule has 0 radical (unpaired) electrons. The Morgan fingerprint density at radius 3 is 1.65 bits per heavy atom. The fraction of sp³-hybridized carbons (Fsp3) is 0.517. The molecule has 2 aromatic carbocycles. The van der Waals surface area contributed by atoms with Gasteiger partial charge in [0, 0.05) is 17.5 Å². The van der Waals surface area contributed by atoms with E-state index < -0.39 is 11.2 Å². The Balaban J connectivity index is 2.78. The zero-order valence-corrected chi connectivity index (χ0v) is 22.3. The quantitative estimate of drug-likeness (QED) is 0.396. The van der Waals surface area contributed by atoms with E-state index in [0.717, 1.165) is 11.1 Å². The summed E-state index contributed by atoms with van der Waals surface area (Å²) in [6, 6.07) is 7.14. The number of ether oxygens (including phenoxy) is 1. The largest absolute Gasteiger partial charge is 0.507 e. The molecule has 186 valence electrons. The van der Waals surface area contributed by atoms with E-state index in [2.05, 4.69) is 20.8 Å². The molecule has 0 aliphatic heterocycles. The molecule has 0 aliphatic carbocycles. The van der Waals surface area contributed by atoms with Crippen LogP contribution in [0.5, 0.6) is 11.5 Å². The molecule has 0 saturated heterocycles. The number of phenolic OH excluding ortho intramolecular Hbond substituents is 2. The highest BCUT2D eigenvalue weighted by Crippen LogP contribution is 2.41. The van der Waals surface area contributed by atoms with Crippen LogP contribution in [0.1, 0.15) is 107 Å². The van der Waals surface area contributed by atoms with E-state index in [1.165, 1.54) is 7.11 Å². The minimum Gasteiger partial charge on any atom is -0.507 e. The van der Waals surface area contributed by atoms with E-state index in [4.69, 9.17) is 4.74 Å². The van der Waals surface area contributed by atoms with Gasteiger partial charge in [-0.3, -0.25) is 9.59 Å². The molecule has 0 saturated carbocycles. The summed E-state index contributed by atoms with van der Waals surface area (Å²) in [7, 11) is 1.34. The van der Waals surface area contributed by atoms with Crippen molar-refractivity contribution in [3.05, 3.63) is 57.6 Å². The Labute approximate surface area is 204 Å². The van der Waals surface area contributed by atoms with Gasteiger partial charge < -0.3 is 14.9 Å². The first-order valence-electron chi connectivity index (χ1n) is 11.7. The molecule has 0 spiro atoms. The van der Waals surface area contributed by atoms with Gasteiger partial charge in [-0.25, -0.2) is 0 Å². The van der Waals surface area contributed by atoms with E-state index in [9.17, 15) is 19.8 Å². The van der Waals surface area contributed by atoms with Crippen molar-refractivity contribution in [3.63, 3.8) is 0 Å². The lowest BCUT2D eigenvalue weighted by molar-refractivity contribution is -0.140. The van der Waals surface area contributed by atoms with Crippen LogP contribution in [0.25, 0.3) is 0 Å². The second-order valence-corrected chi connectivity index (χ2v) is 12.1. The molecular weight excluding hydrogens is 428 g/mol. The van der Waals surface area contributed by atoms with Gasteiger partial charge in [0.15, 0.2) is 0 Å². The van der Waals surface area contributed by atoms with Crippen LogP contribution in [0.4, 0.5) is 0 Å². The summed E-state index contributed by atoms with van der Waals surface area (Å²) in [6.45, 7) is 18.0. The van der Waals surface area contributed by atoms with Gasteiger partial charge in [0.05, 0.1) is 18.2 Å². The van der Waals surface area contributed by atoms with Gasteiger partial charge in [0.25, 0.3) is 0 Å². The van der Waals surface area contributed by atoms with Crippen molar-refractivity contribution in [2.75, 3.05) is 7.11 Å². The first-order valence-corrected chi connectivity index (χ1v) is 11.7. The Kier molecular flexibility index (Phi) is 7.61. The summed E-state index contributed by atoms with van der Waals surface area (Å²) in [5, 5.41) is 22.3. The number of methoxy groups -OCH3 is 1. The minimum absolute atomic E-state index is 0.0674. The molecule has 5 heteroatoms. The number of aryl methyl sites for hydroxylation is 1. The highest BCUT2D eigenvalue weighted by molar-refractivity contribution is 6.13. The molecule has 34 heavy (non-hydrogen) atoms. The first kappa shape index (κ1) is 27.4. The van der Waals surface area contributed by atoms with Crippen molar-refractivity contribution in [2.45, 2.75) is 91.4 Å². The molecule has 2 N–H and O–H groups in total. The molecule has 0 atom stereocenters. The number of rotatable bonds is 5. The van der Waals surface area contributed by atoms with Crippen LogP contribution < -0.4 is 0 Å². The number of hydrogen-bond donors (Lipinski definition) is 2. The van der Waals surface area contributed by atoms with Crippen LogP contribution in [0.2, 0.25) is 0 Å². The number of benzene rings is 2. The zero-order chi connectivity index (χ0) is 26.2. The van der Waals surface area contributed by atoms with Crippen molar-refractivity contribution in [1.29, 1.82) is 0 Å². The Morgan fingerprint density at radius 2 is 1.21 bits per heavy atom. The summed E-state index contributed by atoms with van der Waals surface area (Å²) in [4.78, 5) is 25.6. The van der Waals surface area contributed by atoms with Crippen LogP contribution in [-0.2, 0) is 32.2 Å². The minimum atomic E-state index is -0.447. The van der Waals surface area contributed by atoms with Crippen LogP contribution in [0.15, 0.2) is 24.3 Å². The lowest BCUT2D eigenvalue weighted by Gasteiger charge is -2.27. The standard InChI is InChI=1S/C29H40O5/c1-27(2,3)18-15-20(26(33)22(16-18)29(7,8)9)24(31)19-13-17(11-12-23(30)34-10)14-21(25(19)32)28(4,5)6/h13-16,32-33H,11-12H2,1-10H3. The summed E-state index contributed by atoms with van der Waals surface area (Å²) in [6.07, 6.45) is 0.537. The fourth-order valence-electron chi connectivity index (χ4n) is 3.89. The number of hydrogen-bond acceptors (Lipinski definition) is 5. The predicted molar refractivity (Wildman–Crippen MR) is 136 cm³/mol. The third kappa shape index (κ3) is 5.99. The number of aromatic hydroxyl groups is 2. The number of carbonyl (C=O) groups excluding carboxylic acids is 2. The number of ketones is 1. The van der Waals surface area contributed by atoms with Crippen molar-refractivity contribution in [2.24, 2.45) is 0 Å². The zero-order valence-electron chi connectivity index (χ0n) is 22.3. The maximum Gasteiger partial charge on any atom is 0.305 e. The average Bonchev–Trinajstić information content (AvgIpc) is 2.69. The van der Waals surface area contributed by atoms with Crippen LogP contribution in [0, 0.1) is 0 Å². The Hall–Kier alpha value is -2.82. The van der Waals surface area contributed by atoms with Gasteiger partial charge >= 0.3 is 5.97 Å². The van der Waals surface area contributed by atoms with Crippen molar-refractivity contribution in [1.82, 2.24) is 0 Å². The van der Waals surface area contributed by atoms with Crippen LogP contribution in [0.3, 0.4) is 0 Å². The predicted octanol–water partition coefficient (Wildman–Crippen LogP) is 6.33. The van der Waals surface area contributed by atoms with Gasteiger partial charge in [0.2, 0.25) is 5.78 Å². The maximum atomic E-state index is 13.9. The molecule has 0 unspecified atom stereocenters.